The summed E-state index contributed by atoms with van der Waals surface area (Å²) in [5, 5.41) is 24.0. The average Bonchev–Trinajstić information content (AvgIpc) is 3.21. The lowest BCUT2D eigenvalue weighted by Gasteiger charge is -2.30. The fourth-order valence-electron chi connectivity index (χ4n) is 3.64. The van der Waals surface area contributed by atoms with Gasteiger partial charge in [-0.1, -0.05) is 26.0 Å². The number of hydrogen-bond donors (Lipinski definition) is 5. The zero-order valence-corrected chi connectivity index (χ0v) is 18.6. The Balaban J connectivity index is 2.21. The smallest absolute Gasteiger partial charge is 0.326 e. The summed E-state index contributed by atoms with van der Waals surface area (Å²) in [5.74, 6) is -2.87. The van der Waals surface area contributed by atoms with E-state index in [2.05, 4.69) is 10.6 Å². The van der Waals surface area contributed by atoms with Gasteiger partial charge < -0.3 is 31.5 Å². The van der Waals surface area contributed by atoms with Gasteiger partial charge in [0.1, 0.15) is 23.9 Å². The molecule has 1 aromatic rings. The van der Waals surface area contributed by atoms with Crippen LogP contribution in [0, 0.1) is 5.92 Å². The van der Waals surface area contributed by atoms with Gasteiger partial charge in [-0.25, -0.2) is 4.79 Å². The molecular formula is C22H32N4O6. The third-order valence-corrected chi connectivity index (χ3v) is 5.47. The van der Waals surface area contributed by atoms with E-state index in [9.17, 15) is 29.4 Å². The Morgan fingerprint density at radius 3 is 2.28 bits per heavy atom. The SMILES string of the molecule is CC(N)C(=O)NC(Cc1ccc(O)cc1)C(=O)N1CCCC1C(=O)NC(C(=O)O)C(C)C. The molecule has 0 aliphatic carbocycles. The number of phenolic OH excluding ortho intramolecular Hbond substituents is 1. The first-order chi connectivity index (χ1) is 15.0. The van der Waals surface area contributed by atoms with Gasteiger partial charge in [-0.2, -0.15) is 0 Å². The fraction of sp³-hybridized carbons (Fsp3) is 0.545. The molecule has 4 unspecified atom stereocenters. The van der Waals surface area contributed by atoms with Gasteiger partial charge in [-0.15, -0.1) is 0 Å². The Hall–Kier alpha value is -3.14. The number of carboxylic acid groups (broad SMARTS) is 1. The molecule has 0 aromatic heterocycles. The average molecular weight is 449 g/mol. The summed E-state index contributed by atoms with van der Waals surface area (Å²) in [6.07, 6.45) is 1.12. The summed E-state index contributed by atoms with van der Waals surface area (Å²) >= 11 is 0. The Bertz CT molecular complexity index is 839. The Morgan fingerprint density at radius 1 is 1.12 bits per heavy atom. The molecule has 176 valence electrons. The zero-order chi connectivity index (χ0) is 24.0. The summed E-state index contributed by atoms with van der Waals surface area (Å²) in [6.45, 7) is 5.19. The third kappa shape index (κ3) is 6.43. The molecule has 1 aliphatic heterocycles. The van der Waals surface area contributed by atoms with Gasteiger partial charge in [0.15, 0.2) is 0 Å². The van der Waals surface area contributed by atoms with Crippen molar-refractivity contribution in [1.82, 2.24) is 15.5 Å². The molecule has 0 bridgehead atoms. The molecule has 0 spiro atoms. The summed E-state index contributed by atoms with van der Waals surface area (Å²) < 4.78 is 0. The number of carbonyl (C=O) groups excluding carboxylic acids is 3. The zero-order valence-electron chi connectivity index (χ0n) is 18.6. The van der Waals surface area contributed by atoms with Crippen LogP contribution in [0.4, 0.5) is 0 Å². The standard InChI is InChI=1S/C22H32N4O6/c1-12(2)18(22(31)32)25-20(29)17-5-4-10-26(17)21(30)16(24-19(28)13(3)23)11-14-6-8-15(27)9-7-14/h6-9,12-13,16-18,27H,4-5,10-11,23H2,1-3H3,(H,24,28)(H,25,29)(H,31,32). The van der Waals surface area contributed by atoms with Crippen LogP contribution in [0.5, 0.6) is 5.75 Å². The molecule has 2 rings (SSSR count). The summed E-state index contributed by atoms with van der Waals surface area (Å²) in [6, 6.07) is 2.56. The van der Waals surface area contributed by atoms with Gasteiger partial charge in [0, 0.05) is 13.0 Å². The van der Waals surface area contributed by atoms with Gasteiger partial charge in [0.2, 0.25) is 17.7 Å². The normalized spacial score (nSPS) is 18.7. The topological polar surface area (TPSA) is 162 Å². The molecule has 3 amide bonds. The Kier molecular flexibility index (Phi) is 8.59. The molecule has 32 heavy (non-hydrogen) atoms. The van der Waals surface area contributed by atoms with Crippen molar-refractivity contribution in [3.63, 3.8) is 0 Å². The molecule has 1 aromatic carbocycles. The maximum Gasteiger partial charge on any atom is 0.326 e. The first-order valence-corrected chi connectivity index (χ1v) is 10.7. The Morgan fingerprint density at radius 2 is 1.75 bits per heavy atom. The van der Waals surface area contributed by atoms with Crippen LogP contribution in [0.15, 0.2) is 24.3 Å². The lowest BCUT2D eigenvalue weighted by atomic mass is 10.0. The number of carboxylic acids is 1. The Labute approximate surface area is 187 Å². The monoisotopic (exact) mass is 448 g/mol. The minimum atomic E-state index is -1.14. The minimum absolute atomic E-state index is 0.0747. The van der Waals surface area contributed by atoms with Gasteiger partial charge in [-0.3, -0.25) is 14.4 Å². The van der Waals surface area contributed by atoms with Crippen molar-refractivity contribution in [2.45, 2.75) is 64.2 Å². The van der Waals surface area contributed by atoms with Gasteiger partial charge in [0.25, 0.3) is 0 Å². The van der Waals surface area contributed by atoms with Crippen molar-refractivity contribution in [3.05, 3.63) is 29.8 Å². The molecule has 4 atom stereocenters. The van der Waals surface area contributed by atoms with Crippen LogP contribution < -0.4 is 16.4 Å². The highest BCUT2D eigenvalue weighted by Gasteiger charge is 2.39. The van der Waals surface area contributed by atoms with Gasteiger partial charge in [-0.05, 0) is 43.4 Å². The van der Waals surface area contributed by atoms with Crippen molar-refractivity contribution in [2.75, 3.05) is 6.54 Å². The number of nitrogens with one attached hydrogen (secondary N) is 2. The highest BCUT2D eigenvalue weighted by molar-refractivity contribution is 5.94. The molecule has 1 aliphatic rings. The number of nitrogens with zero attached hydrogens (tertiary/aromatic N) is 1. The number of aliphatic carboxylic acids is 1. The van der Waals surface area contributed by atoms with E-state index in [4.69, 9.17) is 5.73 Å². The second-order valence-corrected chi connectivity index (χ2v) is 8.48. The van der Waals surface area contributed by atoms with Crippen molar-refractivity contribution in [2.24, 2.45) is 11.7 Å². The highest BCUT2D eigenvalue weighted by atomic mass is 16.4. The summed E-state index contributed by atoms with van der Waals surface area (Å²) in [5.41, 5.74) is 6.35. The molecule has 1 heterocycles. The number of phenols is 1. The van der Waals surface area contributed by atoms with Crippen LogP contribution in [-0.2, 0) is 25.6 Å². The number of hydrogen-bond acceptors (Lipinski definition) is 6. The molecule has 6 N–H and O–H groups in total. The first kappa shape index (κ1) is 25.1. The quantitative estimate of drug-likeness (QED) is 0.355. The number of carbonyl (C=O) groups is 4. The number of likely N-dealkylation sites (tertiary alicyclic amines) is 1. The van der Waals surface area contributed by atoms with Crippen molar-refractivity contribution in [1.29, 1.82) is 0 Å². The number of benzene rings is 1. The highest BCUT2D eigenvalue weighted by Crippen LogP contribution is 2.21. The van der Waals surface area contributed by atoms with E-state index in [0.717, 1.165) is 0 Å². The van der Waals surface area contributed by atoms with Crippen LogP contribution in [0.2, 0.25) is 0 Å². The van der Waals surface area contributed by atoms with E-state index >= 15 is 0 Å². The van der Waals surface area contributed by atoms with E-state index in [1.54, 1.807) is 26.0 Å². The van der Waals surface area contributed by atoms with Gasteiger partial charge >= 0.3 is 5.97 Å². The van der Waals surface area contributed by atoms with Crippen molar-refractivity contribution < 1.29 is 29.4 Å². The van der Waals surface area contributed by atoms with Crippen LogP contribution in [0.3, 0.4) is 0 Å². The number of amides is 3. The second kappa shape index (κ2) is 10.9. The van der Waals surface area contributed by atoms with E-state index in [1.165, 1.54) is 24.0 Å². The van der Waals surface area contributed by atoms with Crippen LogP contribution in [-0.4, -0.2) is 69.5 Å². The molecule has 0 saturated carbocycles. The van der Waals surface area contributed by atoms with Crippen molar-refractivity contribution >= 4 is 23.7 Å². The molecule has 10 heteroatoms. The predicted octanol–water partition coefficient (Wildman–Crippen LogP) is -0.0169. The lowest BCUT2D eigenvalue weighted by molar-refractivity contribution is -0.145. The van der Waals surface area contributed by atoms with Crippen LogP contribution in [0.25, 0.3) is 0 Å². The molecule has 0 radical (unpaired) electrons. The second-order valence-electron chi connectivity index (χ2n) is 8.48. The van der Waals surface area contributed by atoms with E-state index in [-0.39, 0.29) is 18.1 Å². The van der Waals surface area contributed by atoms with Crippen LogP contribution >= 0.6 is 0 Å². The maximum atomic E-state index is 13.4. The number of nitrogens with two attached hydrogens (primary N) is 1. The number of aromatic hydroxyl groups is 1. The minimum Gasteiger partial charge on any atom is -0.508 e. The first-order valence-electron chi connectivity index (χ1n) is 10.7. The summed E-state index contributed by atoms with van der Waals surface area (Å²) in [4.78, 5) is 51.3. The van der Waals surface area contributed by atoms with Gasteiger partial charge in [0.05, 0.1) is 6.04 Å². The third-order valence-electron chi connectivity index (χ3n) is 5.47. The van der Waals surface area contributed by atoms with E-state index in [0.29, 0.717) is 24.9 Å². The number of rotatable bonds is 9. The molecule has 1 fully saturated rings. The lowest BCUT2D eigenvalue weighted by Crippen LogP contribution is -2.57. The van der Waals surface area contributed by atoms with E-state index < -0.39 is 47.9 Å². The van der Waals surface area contributed by atoms with Crippen LogP contribution in [0.1, 0.15) is 39.2 Å². The predicted molar refractivity (Wildman–Crippen MR) is 117 cm³/mol. The van der Waals surface area contributed by atoms with Crippen molar-refractivity contribution in [3.8, 4) is 5.75 Å². The molecule has 1 saturated heterocycles. The summed E-state index contributed by atoms with van der Waals surface area (Å²) in [7, 11) is 0. The largest absolute Gasteiger partial charge is 0.508 e. The fourth-order valence-corrected chi connectivity index (χ4v) is 3.64. The molecule has 10 nitrogen and oxygen atoms in total. The maximum absolute atomic E-state index is 13.4. The molecular weight excluding hydrogens is 416 g/mol. The van der Waals surface area contributed by atoms with E-state index in [1.807, 2.05) is 0 Å².